The maximum atomic E-state index is 11.7. The first kappa shape index (κ1) is 7.06. The standard InChI is InChI=1S/C8H10FN/c9-6-5-7-1-3-8(10)4-2-7/h1-4H,5-6,10H2. The number of halogens is 1. The Morgan fingerprint density at radius 1 is 1.20 bits per heavy atom. The van der Waals surface area contributed by atoms with Gasteiger partial charge in [-0.2, -0.15) is 0 Å². The lowest BCUT2D eigenvalue weighted by molar-refractivity contribution is 0.495. The zero-order valence-corrected chi connectivity index (χ0v) is 5.68. The molecular weight excluding hydrogens is 129 g/mol. The first-order valence-electron chi connectivity index (χ1n) is 3.23. The lowest BCUT2D eigenvalue weighted by Gasteiger charge is -1.96. The topological polar surface area (TPSA) is 26.0 Å². The molecule has 0 fully saturated rings. The largest absolute Gasteiger partial charge is 0.399 e. The van der Waals surface area contributed by atoms with E-state index < -0.39 is 0 Å². The van der Waals surface area contributed by atoms with Gasteiger partial charge >= 0.3 is 0 Å². The quantitative estimate of drug-likeness (QED) is 0.621. The molecule has 0 heterocycles. The Balaban J connectivity index is 2.69. The molecule has 1 rings (SSSR count). The van der Waals surface area contributed by atoms with E-state index in [9.17, 15) is 4.39 Å². The summed E-state index contributed by atoms with van der Waals surface area (Å²) in [5.74, 6) is 0. The van der Waals surface area contributed by atoms with Crippen molar-refractivity contribution < 1.29 is 4.39 Å². The van der Waals surface area contributed by atoms with Gasteiger partial charge in [-0.1, -0.05) is 12.1 Å². The van der Waals surface area contributed by atoms with Crippen molar-refractivity contribution in [1.82, 2.24) is 0 Å². The molecule has 1 aromatic carbocycles. The van der Waals surface area contributed by atoms with Crippen LogP contribution >= 0.6 is 0 Å². The Kier molecular flexibility index (Phi) is 2.26. The minimum atomic E-state index is -0.302. The Morgan fingerprint density at radius 2 is 1.80 bits per heavy atom. The molecule has 2 N–H and O–H groups in total. The van der Waals surface area contributed by atoms with Crippen LogP contribution in [0.4, 0.5) is 10.1 Å². The maximum Gasteiger partial charge on any atom is 0.0934 e. The SMILES string of the molecule is Nc1ccc(CCF)cc1. The molecule has 54 valence electrons. The first-order chi connectivity index (χ1) is 4.83. The molecule has 2 heteroatoms. The van der Waals surface area contributed by atoms with Crippen molar-refractivity contribution in [2.45, 2.75) is 6.42 Å². The molecule has 0 aliphatic heterocycles. The van der Waals surface area contributed by atoms with Gasteiger partial charge in [-0.3, -0.25) is 4.39 Å². The van der Waals surface area contributed by atoms with Crippen molar-refractivity contribution >= 4 is 5.69 Å². The van der Waals surface area contributed by atoms with E-state index in [-0.39, 0.29) is 6.67 Å². The van der Waals surface area contributed by atoms with Crippen LogP contribution in [-0.4, -0.2) is 6.67 Å². The van der Waals surface area contributed by atoms with E-state index in [0.717, 1.165) is 11.3 Å². The maximum absolute atomic E-state index is 11.7. The minimum Gasteiger partial charge on any atom is -0.399 e. The fraction of sp³-hybridized carbons (Fsp3) is 0.250. The Bertz CT molecular complexity index is 193. The van der Waals surface area contributed by atoms with Crippen LogP contribution in [-0.2, 0) is 6.42 Å². The van der Waals surface area contributed by atoms with Crippen LogP contribution in [0.1, 0.15) is 5.56 Å². The number of nitrogens with two attached hydrogens (primary N) is 1. The van der Waals surface area contributed by atoms with Gasteiger partial charge in [0.25, 0.3) is 0 Å². The predicted octanol–water partition coefficient (Wildman–Crippen LogP) is 1.78. The Morgan fingerprint density at radius 3 is 2.30 bits per heavy atom. The zero-order chi connectivity index (χ0) is 7.40. The van der Waals surface area contributed by atoms with Crippen molar-refractivity contribution in [3.63, 3.8) is 0 Å². The van der Waals surface area contributed by atoms with Crippen LogP contribution in [0.3, 0.4) is 0 Å². The van der Waals surface area contributed by atoms with Gasteiger partial charge in [0.15, 0.2) is 0 Å². The van der Waals surface area contributed by atoms with Crippen LogP contribution in [0.25, 0.3) is 0 Å². The number of aryl methyl sites for hydroxylation is 1. The average Bonchev–Trinajstić information content (AvgIpc) is 1.95. The van der Waals surface area contributed by atoms with Gasteiger partial charge in [0.1, 0.15) is 0 Å². The second-order valence-electron chi connectivity index (χ2n) is 2.18. The van der Waals surface area contributed by atoms with E-state index >= 15 is 0 Å². The summed E-state index contributed by atoms with van der Waals surface area (Å²) in [7, 11) is 0. The molecule has 0 unspecified atom stereocenters. The highest BCUT2D eigenvalue weighted by atomic mass is 19.1. The third-order valence-corrected chi connectivity index (χ3v) is 1.36. The van der Waals surface area contributed by atoms with Crippen molar-refractivity contribution in [2.24, 2.45) is 0 Å². The molecule has 0 aromatic heterocycles. The van der Waals surface area contributed by atoms with Gasteiger partial charge in [0.2, 0.25) is 0 Å². The minimum absolute atomic E-state index is 0.302. The van der Waals surface area contributed by atoms with Crippen LogP contribution in [0, 0.1) is 0 Å². The molecule has 0 spiro atoms. The van der Waals surface area contributed by atoms with Gasteiger partial charge in [-0.25, -0.2) is 0 Å². The van der Waals surface area contributed by atoms with Crippen molar-refractivity contribution in [3.8, 4) is 0 Å². The molecule has 0 saturated carbocycles. The highest BCUT2D eigenvalue weighted by Crippen LogP contribution is 2.05. The van der Waals surface area contributed by atoms with Gasteiger partial charge in [0.05, 0.1) is 6.67 Å². The lowest BCUT2D eigenvalue weighted by atomic mass is 10.1. The highest BCUT2D eigenvalue weighted by Gasteiger charge is 1.89. The number of hydrogen-bond acceptors (Lipinski definition) is 1. The second-order valence-corrected chi connectivity index (χ2v) is 2.18. The molecule has 0 aliphatic rings. The zero-order valence-electron chi connectivity index (χ0n) is 5.68. The fourth-order valence-electron chi connectivity index (χ4n) is 0.793. The summed E-state index contributed by atoms with van der Waals surface area (Å²) in [6, 6.07) is 7.25. The van der Waals surface area contributed by atoms with Crippen molar-refractivity contribution in [2.75, 3.05) is 12.4 Å². The number of alkyl halides is 1. The molecule has 0 aliphatic carbocycles. The first-order valence-corrected chi connectivity index (χ1v) is 3.23. The molecule has 10 heavy (non-hydrogen) atoms. The number of rotatable bonds is 2. The summed E-state index contributed by atoms with van der Waals surface area (Å²) in [5.41, 5.74) is 7.15. The van der Waals surface area contributed by atoms with E-state index in [2.05, 4.69) is 0 Å². The lowest BCUT2D eigenvalue weighted by Crippen LogP contribution is -1.88. The van der Waals surface area contributed by atoms with Gasteiger partial charge < -0.3 is 5.73 Å². The van der Waals surface area contributed by atoms with Crippen molar-refractivity contribution in [1.29, 1.82) is 0 Å². The second kappa shape index (κ2) is 3.20. The molecule has 1 nitrogen and oxygen atoms in total. The molecular formula is C8H10FN. The number of hydrogen-bond donors (Lipinski definition) is 1. The molecule has 0 saturated heterocycles. The molecule has 1 aromatic rings. The Labute approximate surface area is 59.7 Å². The van der Waals surface area contributed by atoms with Gasteiger partial charge in [-0.15, -0.1) is 0 Å². The normalized spacial score (nSPS) is 9.70. The van der Waals surface area contributed by atoms with Gasteiger partial charge in [0, 0.05) is 12.1 Å². The van der Waals surface area contributed by atoms with Crippen LogP contribution < -0.4 is 5.73 Å². The molecule has 0 bridgehead atoms. The monoisotopic (exact) mass is 139 g/mol. The summed E-state index contributed by atoms with van der Waals surface area (Å²) >= 11 is 0. The van der Waals surface area contributed by atoms with Crippen LogP contribution in [0.15, 0.2) is 24.3 Å². The molecule has 0 radical (unpaired) electrons. The Hall–Kier alpha value is -1.05. The van der Waals surface area contributed by atoms with E-state index in [1.165, 1.54) is 0 Å². The number of anilines is 1. The smallest absolute Gasteiger partial charge is 0.0934 e. The third kappa shape index (κ3) is 1.72. The summed E-state index contributed by atoms with van der Waals surface area (Å²) in [4.78, 5) is 0. The number of nitrogen functional groups attached to an aromatic ring is 1. The van der Waals surface area contributed by atoms with Gasteiger partial charge in [-0.05, 0) is 17.7 Å². The molecule has 0 amide bonds. The summed E-state index contributed by atoms with van der Waals surface area (Å²) in [5, 5.41) is 0. The number of benzene rings is 1. The average molecular weight is 139 g/mol. The highest BCUT2D eigenvalue weighted by molar-refractivity contribution is 5.39. The fourth-order valence-corrected chi connectivity index (χ4v) is 0.793. The summed E-state index contributed by atoms with van der Waals surface area (Å²) < 4.78 is 11.7. The summed E-state index contributed by atoms with van der Waals surface area (Å²) in [6.45, 7) is -0.302. The predicted molar refractivity (Wildman–Crippen MR) is 40.5 cm³/mol. The van der Waals surface area contributed by atoms with Crippen LogP contribution in [0.2, 0.25) is 0 Å². The van der Waals surface area contributed by atoms with E-state index in [0.29, 0.717) is 6.42 Å². The van der Waals surface area contributed by atoms with E-state index in [1.54, 1.807) is 12.1 Å². The molecule has 0 atom stereocenters. The van der Waals surface area contributed by atoms with E-state index in [1.807, 2.05) is 12.1 Å². The van der Waals surface area contributed by atoms with E-state index in [4.69, 9.17) is 5.73 Å². The van der Waals surface area contributed by atoms with Crippen LogP contribution in [0.5, 0.6) is 0 Å². The third-order valence-electron chi connectivity index (χ3n) is 1.36. The summed E-state index contributed by atoms with van der Waals surface area (Å²) in [6.07, 6.45) is 0.486. The van der Waals surface area contributed by atoms with Crippen molar-refractivity contribution in [3.05, 3.63) is 29.8 Å².